The Kier molecular flexibility index (Phi) is 62.7. The average molecular weight is 1080 g/mol. The molecule has 446 valence electrons. The van der Waals surface area contributed by atoms with Crippen LogP contribution in [0.5, 0.6) is 0 Å². The summed E-state index contributed by atoms with van der Waals surface area (Å²) in [5.41, 5.74) is 0. The summed E-state index contributed by atoms with van der Waals surface area (Å²) in [6.45, 7) is 6.54. The normalized spacial score (nSPS) is 12.5. The van der Waals surface area contributed by atoms with Crippen LogP contribution in [0.3, 0.4) is 0 Å². The number of carbonyl (C=O) groups is 3. The lowest BCUT2D eigenvalue weighted by Crippen LogP contribution is -2.30. The third kappa shape index (κ3) is 63.6. The highest BCUT2D eigenvalue weighted by molar-refractivity contribution is 5.71. The molecule has 1 atom stereocenters. The molecule has 0 saturated heterocycles. The summed E-state index contributed by atoms with van der Waals surface area (Å²) >= 11 is 0. The highest BCUT2D eigenvalue weighted by atomic mass is 16.6. The van der Waals surface area contributed by atoms with E-state index in [2.05, 4.69) is 93.7 Å². The van der Waals surface area contributed by atoms with E-state index in [9.17, 15) is 14.4 Å². The van der Waals surface area contributed by atoms with Crippen LogP contribution in [0.1, 0.15) is 342 Å². The van der Waals surface area contributed by atoms with Crippen LogP contribution in [0.2, 0.25) is 0 Å². The Morgan fingerprint density at radius 1 is 0.273 bits per heavy atom. The number of esters is 3. The number of allylic oxidation sites excluding steroid dienone is 12. The van der Waals surface area contributed by atoms with Gasteiger partial charge in [-0.1, -0.05) is 306 Å². The molecule has 0 radical (unpaired) electrons. The first-order valence-electron chi connectivity index (χ1n) is 33.4. The molecule has 0 aliphatic heterocycles. The fourth-order valence-electron chi connectivity index (χ4n) is 9.70. The van der Waals surface area contributed by atoms with Crippen molar-refractivity contribution in [2.24, 2.45) is 0 Å². The largest absolute Gasteiger partial charge is 0.462 e. The number of ether oxygens (including phenoxy) is 3. The molecule has 0 aromatic carbocycles. The lowest BCUT2D eigenvalue weighted by molar-refractivity contribution is -0.167. The smallest absolute Gasteiger partial charge is 0.306 e. The Morgan fingerprint density at radius 2 is 0.506 bits per heavy atom. The fraction of sp³-hybridized carbons (Fsp3) is 0.789. The molecule has 0 N–H and O–H groups in total. The van der Waals surface area contributed by atoms with E-state index in [-0.39, 0.29) is 31.1 Å². The molecule has 1 unspecified atom stereocenters. The van der Waals surface area contributed by atoms with Crippen molar-refractivity contribution in [2.45, 2.75) is 348 Å². The molecule has 77 heavy (non-hydrogen) atoms. The monoisotopic (exact) mass is 1070 g/mol. The molecule has 0 spiro atoms. The number of rotatable bonds is 61. The summed E-state index contributed by atoms with van der Waals surface area (Å²) in [7, 11) is 0. The van der Waals surface area contributed by atoms with E-state index < -0.39 is 6.10 Å². The van der Waals surface area contributed by atoms with E-state index >= 15 is 0 Å². The first-order chi connectivity index (χ1) is 38.0. The standard InChI is InChI=1S/C71H126O6/c1-4-7-10-13-16-19-22-24-26-28-29-30-31-32-33-34-35-36-37-38-39-40-41-42-43-44-46-47-49-52-55-58-61-64-70(73)76-67-68(66-75-69(72)63-60-57-54-51-21-18-15-12-9-6-3)77-71(74)65-62-59-56-53-50-48-45-27-25-23-20-17-14-11-8-5-2/h7,10,16,19,24,26-27,29-30,32-33,45,68H,4-6,8-9,11-15,17-18,20-23,25,28,31,34-44,46-67H2,1-3H3/b10-7-,19-16-,26-24-,30-29-,33-32-,45-27-. The summed E-state index contributed by atoms with van der Waals surface area (Å²) < 4.78 is 16.9. The zero-order chi connectivity index (χ0) is 55.7. The van der Waals surface area contributed by atoms with Crippen molar-refractivity contribution in [1.29, 1.82) is 0 Å². The minimum absolute atomic E-state index is 0.0730. The molecule has 0 aliphatic rings. The van der Waals surface area contributed by atoms with Gasteiger partial charge >= 0.3 is 17.9 Å². The maximum absolute atomic E-state index is 12.9. The summed E-state index contributed by atoms with van der Waals surface area (Å²) in [4.78, 5) is 38.2. The molecule has 0 aliphatic carbocycles. The second-order valence-corrected chi connectivity index (χ2v) is 22.4. The van der Waals surface area contributed by atoms with Gasteiger partial charge in [-0.15, -0.1) is 0 Å². The van der Waals surface area contributed by atoms with Crippen molar-refractivity contribution >= 4 is 17.9 Å². The van der Waals surface area contributed by atoms with E-state index in [1.807, 2.05) is 0 Å². The summed E-state index contributed by atoms with van der Waals surface area (Å²) in [5, 5.41) is 0. The quantitative estimate of drug-likeness (QED) is 0.0261. The Hall–Kier alpha value is -3.15. The van der Waals surface area contributed by atoms with Gasteiger partial charge in [-0.3, -0.25) is 14.4 Å². The molecule has 0 aromatic rings. The SMILES string of the molecule is CC/C=C\C/C=C\C/C=C\C/C=C\C/C=C\CCCCCCCCCCCCCCCCCCCC(=O)OCC(COC(=O)CCCCCCCCCCCC)OC(=O)CCCCCCC/C=C\CCCCCCCCC. The minimum Gasteiger partial charge on any atom is -0.462 e. The van der Waals surface area contributed by atoms with Crippen LogP contribution in [-0.4, -0.2) is 37.2 Å². The Labute approximate surface area is 478 Å². The minimum atomic E-state index is -0.775. The molecule has 0 rings (SSSR count). The van der Waals surface area contributed by atoms with E-state index in [0.29, 0.717) is 19.3 Å². The third-order valence-electron chi connectivity index (χ3n) is 14.7. The van der Waals surface area contributed by atoms with Crippen LogP contribution >= 0.6 is 0 Å². The van der Waals surface area contributed by atoms with Crippen molar-refractivity contribution in [3.05, 3.63) is 72.9 Å². The second-order valence-electron chi connectivity index (χ2n) is 22.4. The number of hydrogen-bond acceptors (Lipinski definition) is 6. The van der Waals surface area contributed by atoms with Crippen LogP contribution in [0.15, 0.2) is 72.9 Å². The van der Waals surface area contributed by atoms with Gasteiger partial charge in [0.25, 0.3) is 0 Å². The topological polar surface area (TPSA) is 78.9 Å². The summed E-state index contributed by atoms with van der Waals surface area (Å²) in [6, 6.07) is 0. The highest BCUT2D eigenvalue weighted by Crippen LogP contribution is 2.17. The van der Waals surface area contributed by atoms with Crippen LogP contribution in [0.25, 0.3) is 0 Å². The fourth-order valence-corrected chi connectivity index (χ4v) is 9.70. The van der Waals surface area contributed by atoms with Gasteiger partial charge < -0.3 is 14.2 Å². The molecule has 0 saturated carbocycles. The van der Waals surface area contributed by atoms with Gasteiger partial charge in [-0.05, 0) is 89.9 Å². The van der Waals surface area contributed by atoms with Gasteiger partial charge in [0, 0.05) is 19.3 Å². The maximum Gasteiger partial charge on any atom is 0.306 e. The molecular formula is C71H126O6. The van der Waals surface area contributed by atoms with Crippen LogP contribution in [0, 0.1) is 0 Å². The van der Waals surface area contributed by atoms with Crippen LogP contribution in [-0.2, 0) is 28.6 Å². The third-order valence-corrected chi connectivity index (χ3v) is 14.7. The van der Waals surface area contributed by atoms with Gasteiger partial charge in [0.05, 0.1) is 0 Å². The molecule has 0 aromatic heterocycles. The molecule has 6 nitrogen and oxygen atoms in total. The van der Waals surface area contributed by atoms with E-state index in [4.69, 9.17) is 14.2 Å². The lowest BCUT2D eigenvalue weighted by Gasteiger charge is -2.18. The Morgan fingerprint density at radius 3 is 0.805 bits per heavy atom. The van der Waals surface area contributed by atoms with Crippen molar-refractivity contribution in [2.75, 3.05) is 13.2 Å². The van der Waals surface area contributed by atoms with Crippen LogP contribution < -0.4 is 0 Å². The zero-order valence-electron chi connectivity index (χ0n) is 51.2. The van der Waals surface area contributed by atoms with Crippen molar-refractivity contribution in [3.8, 4) is 0 Å². The van der Waals surface area contributed by atoms with Crippen molar-refractivity contribution in [3.63, 3.8) is 0 Å². The lowest BCUT2D eigenvalue weighted by atomic mass is 10.0. The number of unbranched alkanes of at least 4 members (excludes halogenated alkanes) is 38. The molecule has 0 bridgehead atoms. The number of carbonyl (C=O) groups excluding carboxylic acids is 3. The predicted molar refractivity (Wildman–Crippen MR) is 335 cm³/mol. The van der Waals surface area contributed by atoms with Gasteiger partial charge in [-0.2, -0.15) is 0 Å². The first kappa shape index (κ1) is 73.8. The molecule has 0 amide bonds. The van der Waals surface area contributed by atoms with Gasteiger partial charge in [-0.25, -0.2) is 0 Å². The van der Waals surface area contributed by atoms with Crippen molar-refractivity contribution < 1.29 is 28.6 Å². The van der Waals surface area contributed by atoms with Gasteiger partial charge in [0.2, 0.25) is 0 Å². The van der Waals surface area contributed by atoms with E-state index in [0.717, 1.165) is 96.3 Å². The van der Waals surface area contributed by atoms with E-state index in [1.165, 1.54) is 205 Å². The maximum atomic E-state index is 12.9. The second kappa shape index (κ2) is 65.4. The predicted octanol–water partition coefficient (Wildman–Crippen LogP) is 22.9. The zero-order valence-corrected chi connectivity index (χ0v) is 51.2. The average Bonchev–Trinajstić information content (AvgIpc) is 3.43. The highest BCUT2D eigenvalue weighted by Gasteiger charge is 2.19. The molecule has 0 heterocycles. The van der Waals surface area contributed by atoms with Gasteiger partial charge in [0.1, 0.15) is 13.2 Å². The molecule has 0 fully saturated rings. The van der Waals surface area contributed by atoms with Gasteiger partial charge in [0.15, 0.2) is 6.10 Å². The Balaban J connectivity index is 4.09. The Bertz CT molecular complexity index is 1420. The van der Waals surface area contributed by atoms with Crippen molar-refractivity contribution in [1.82, 2.24) is 0 Å². The summed E-state index contributed by atoms with van der Waals surface area (Å²) in [6.07, 6.45) is 85.1. The van der Waals surface area contributed by atoms with E-state index in [1.54, 1.807) is 0 Å². The molecule has 6 heteroatoms. The number of hydrogen-bond donors (Lipinski definition) is 0. The summed E-state index contributed by atoms with van der Waals surface area (Å²) in [5.74, 6) is -0.865. The molecular weight excluding hydrogens is 949 g/mol. The van der Waals surface area contributed by atoms with Crippen LogP contribution in [0.4, 0.5) is 0 Å². The first-order valence-corrected chi connectivity index (χ1v) is 33.4.